The van der Waals surface area contributed by atoms with Gasteiger partial charge in [0.2, 0.25) is 0 Å². The summed E-state index contributed by atoms with van der Waals surface area (Å²) >= 11 is 0. The van der Waals surface area contributed by atoms with Gasteiger partial charge >= 0.3 is 0 Å². The Morgan fingerprint density at radius 2 is 1.81 bits per heavy atom. The first kappa shape index (κ1) is 14.0. The highest BCUT2D eigenvalue weighted by Gasteiger charge is 2.42. The molecule has 0 spiro atoms. The smallest absolute Gasteiger partial charge is 0.0680 e. The summed E-state index contributed by atoms with van der Waals surface area (Å²) in [5.41, 5.74) is -0.379. The summed E-state index contributed by atoms with van der Waals surface area (Å²) < 4.78 is 0. The average Bonchev–Trinajstić information content (AvgIpc) is 2.14. The van der Waals surface area contributed by atoms with Crippen molar-refractivity contribution in [2.45, 2.75) is 72.3 Å². The Labute approximate surface area is 102 Å². The van der Waals surface area contributed by atoms with Crippen molar-refractivity contribution in [1.29, 1.82) is 0 Å². The van der Waals surface area contributed by atoms with Crippen molar-refractivity contribution in [3.8, 4) is 0 Å². The van der Waals surface area contributed by atoms with Crippen LogP contribution in [0.2, 0.25) is 0 Å². The number of hydrogen-bond donors (Lipinski definition) is 1. The molecule has 0 heterocycles. The molecule has 1 fully saturated rings. The van der Waals surface area contributed by atoms with E-state index in [-0.39, 0.29) is 5.60 Å². The van der Waals surface area contributed by atoms with Gasteiger partial charge in [-0.1, -0.05) is 41.0 Å². The van der Waals surface area contributed by atoms with Crippen LogP contribution in [0.3, 0.4) is 0 Å². The van der Waals surface area contributed by atoms with Gasteiger partial charge in [-0.25, -0.2) is 0 Å². The van der Waals surface area contributed by atoms with Gasteiger partial charge in [0, 0.05) is 0 Å². The lowest BCUT2D eigenvalue weighted by molar-refractivity contribution is -0.0885. The second-order valence-corrected chi connectivity index (χ2v) is 6.77. The SMILES string of the molecule is CC(C)CCC1(O)CC(C)CCC1C(C)C. The zero-order valence-electron chi connectivity index (χ0n) is 11.8. The Hall–Kier alpha value is -0.0400. The molecule has 1 aliphatic carbocycles. The maximum Gasteiger partial charge on any atom is 0.0680 e. The van der Waals surface area contributed by atoms with Crippen LogP contribution in [0, 0.1) is 23.7 Å². The predicted octanol–water partition coefficient (Wildman–Crippen LogP) is 4.25. The van der Waals surface area contributed by atoms with Crippen molar-refractivity contribution in [1.82, 2.24) is 0 Å². The van der Waals surface area contributed by atoms with Crippen molar-refractivity contribution in [2.24, 2.45) is 23.7 Å². The molecule has 16 heavy (non-hydrogen) atoms. The van der Waals surface area contributed by atoms with Gasteiger partial charge < -0.3 is 5.11 Å². The Morgan fingerprint density at radius 1 is 1.19 bits per heavy atom. The Bertz CT molecular complexity index is 209. The fraction of sp³-hybridized carbons (Fsp3) is 1.00. The van der Waals surface area contributed by atoms with Gasteiger partial charge in [0.05, 0.1) is 5.60 Å². The van der Waals surface area contributed by atoms with E-state index in [2.05, 4.69) is 34.6 Å². The molecule has 1 saturated carbocycles. The second kappa shape index (κ2) is 5.53. The Kier molecular flexibility index (Phi) is 4.85. The minimum Gasteiger partial charge on any atom is -0.390 e. The van der Waals surface area contributed by atoms with Crippen molar-refractivity contribution in [3.63, 3.8) is 0 Å². The summed E-state index contributed by atoms with van der Waals surface area (Å²) in [6.07, 6.45) is 5.69. The molecule has 0 amide bonds. The summed E-state index contributed by atoms with van der Waals surface area (Å²) in [6.45, 7) is 11.3. The summed E-state index contributed by atoms with van der Waals surface area (Å²) in [5, 5.41) is 10.9. The molecule has 3 atom stereocenters. The van der Waals surface area contributed by atoms with E-state index in [0.717, 1.165) is 19.3 Å². The zero-order valence-corrected chi connectivity index (χ0v) is 11.8. The van der Waals surface area contributed by atoms with Crippen LogP contribution in [-0.2, 0) is 0 Å². The van der Waals surface area contributed by atoms with Crippen molar-refractivity contribution in [3.05, 3.63) is 0 Å². The zero-order chi connectivity index (χ0) is 12.3. The molecular weight excluding hydrogens is 196 g/mol. The first-order chi connectivity index (χ1) is 7.35. The van der Waals surface area contributed by atoms with Crippen LogP contribution in [-0.4, -0.2) is 10.7 Å². The van der Waals surface area contributed by atoms with E-state index in [1.807, 2.05) is 0 Å². The molecule has 1 nitrogen and oxygen atoms in total. The first-order valence-electron chi connectivity index (χ1n) is 7.07. The van der Waals surface area contributed by atoms with Crippen LogP contribution in [0.1, 0.15) is 66.7 Å². The molecule has 0 aromatic rings. The van der Waals surface area contributed by atoms with Crippen LogP contribution in [0.15, 0.2) is 0 Å². The van der Waals surface area contributed by atoms with Gasteiger partial charge in [0.25, 0.3) is 0 Å². The molecule has 1 aliphatic rings. The summed E-state index contributed by atoms with van der Waals surface area (Å²) in [4.78, 5) is 0. The lowest BCUT2D eigenvalue weighted by atomic mass is 9.65. The van der Waals surface area contributed by atoms with Crippen molar-refractivity contribution in [2.75, 3.05) is 0 Å². The second-order valence-electron chi connectivity index (χ2n) is 6.77. The molecule has 0 aromatic heterocycles. The van der Waals surface area contributed by atoms with Crippen molar-refractivity contribution < 1.29 is 5.11 Å². The molecular formula is C15H30O. The van der Waals surface area contributed by atoms with Crippen LogP contribution in [0.25, 0.3) is 0 Å². The monoisotopic (exact) mass is 226 g/mol. The molecule has 1 heteroatoms. The van der Waals surface area contributed by atoms with Gasteiger partial charge in [0.1, 0.15) is 0 Å². The van der Waals surface area contributed by atoms with Crippen LogP contribution >= 0.6 is 0 Å². The Morgan fingerprint density at radius 3 is 2.31 bits per heavy atom. The van der Waals surface area contributed by atoms with E-state index >= 15 is 0 Å². The summed E-state index contributed by atoms with van der Waals surface area (Å²) in [7, 11) is 0. The largest absolute Gasteiger partial charge is 0.390 e. The van der Waals surface area contributed by atoms with Gasteiger partial charge in [-0.3, -0.25) is 0 Å². The van der Waals surface area contributed by atoms with E-state index in [4.69, 9.17) is 0 Å². The highest BCUT2D eigenvalue weighted by molar-refractivity contribution is 4.93. The maximum atomic E-state index is 10.9. The highest BCUT2D eigenvalue weighted by atomic mass is 16.3. The predicted molar refractivity (Wildman–Crippen MR) is 70.4 cm³/mol. The quantitative estimate of drug-likeness (QED) is 0.760. The van der Waals surface area contributed by atoms with Crippen LogP contribution in [0.4, 0.5) is 0 Å². The summed E-state index contributed by atoms with van der Waals surface area (Å²) in [6, 6.07) is 0. The van der Waals surface area contributed by atoms with Gasteiger partial charge in [-0.05, 0) is 49.4 Å². The lowest BCUT2D eigenvalue weighted by Gasteiger charge is -2.45. The molecule has 96 valence electrons. The molecule has 0 aromatic carbocycles. The third kappa shape index (κ3) is 3.48. The van der Waals surface area contributed by atoms with Gasteiger partial charge in [-0.15, -0.1) is 0 Å². The fourth-order valence-electron chi connectivity index (χ4n) is 3.37. The highest BCUT2D eigenvalue weighted by Crippen LogP contribution is 2.43. The molecule has 0 radical (unpaired) electrons. The third-order valence-corrected chi connectivity index (χ3v) is 4.32. The lowest BCUT2D eigenvalue weighted by Crippen LogP contribution is -2.45. The molecule has 1 rings (SSSR count). The summed E-state index contributed by atoms with van der Waals surface area (Å²) in [5.74, 6) is 2.54. The average molecular weight is 226 g/mol. The van der Waals surface area contributed by atoms with Crippen LogP contribution < -0.4 is 0 Å². The van der Waals surface area contributed by atoms with Crippen molar-refractivity contribution >= 4 is 0 Å². The van der Waals surface area contributed by atoms with E-state index in [1.54, 1.807) is 0 Å². The Balaban J connectivity index is 2.67. The van der Waals surface area contributed by atoms with E-state index < -0.39 is 0 Å². The van der Waals surface area contributed by atoms with Gasteiger partial charge in [0.15, 0.2) is 0 Å². The van der Waals surface area contributed by atoms with E-state index in [9.17, 15) is 5.11 Å². The topological polar surface area (TPSA) is 20.2 Å². The molecule has 1 N–H and O–H groups in total. The van der Waals surface area contributed by atoms with Gasteiger partial charge in [-0.2, -0.15) is 0 Å². The molecule has 0 bridgehead atoms. The first-order valence-corrected chi connectivity index (χ1v) is 7.07. The van der Waals surface area contributed by atoms with E-state index in [1.165, 1.54) is 12.8 Å². The number of aliphatic hydroxyl groups is 1. The maximum absolute atomic E-state index is 10.9. The number of hydrogen-bond acceptors (Lipinski definition) is 1. The molecule has 0 aliphatic heterocycles. The van der Waals surface area contributed by atoms with Crippen LogP contribution in [0.5, 0.6) is 0 Å². The fourth-order valence-corrected chi connectivity index (χ4v) is 3.37. The minimum atomic E-state index is -0.379. The molecule has 0 saturated heterocycles. The normalized spacial score (nSPS) is 36.0. The molecule has 3 unspecified atom stereocenters. The van der Waals surface area contributed by atoms with E-state index in [0.29, 0.717) is 23.7 Å². The minimum absolute atomic E-state index is 0.379. The third-order valence-electron chi connectivity index (χ3n) is 4.32. The standard InChI is InChI=1S/C15H30O/c1-11(2)8-9-15(16)10-13(5)6-7-14(15)12(3)4/h11-14,16H,6-10H2,1-5H3. The number of rotatable bonds is 4.